The molecule has 0 N–H and O–H groups in total. The molecule has 0 aliphatic carbocycles. The summed E-state index contributed by atoms with van der Waals surface area (Å²) in [6.07, 6.45) is 14.3. The Balaban J connectivity index is 2.47. The molecule has 114 valence electrons. The van der Waals surface area contributed by atoms with Gasteiger partial charge in [0.05, 0.1) is 0 Å². The average molecular weight is 268 g/mol. The standard InChI is InChI=1S/C18H37N/c1-5-7-9-10-14-18(3,13-8-6-2)17-11-15-19(4)16-12-17/h17H,5-16H2,1-4H3. The van der Waals surface area contributed by atoms with Crippen molar-refractivity contribution in [2.24, 2.45) is 11.3 Å². The first kappa shape index (κ1) is 17.0. The van der Waals surface area contributed by atoms with Gasteiger partial charge in [0, 0.05) is 0 Å². The smallest absolute Gasteiger partial charge is 0.00189 e. The Morgan fingerprint density at radius 2 is 1.47 bits per heavy atom. The molecule has 0 amide bonds. The van der Waals surface area contributed by atoms with Crippen molar-refractivity contribution in [1.82, 2.24) is 4.90 Å². The lowest BCUT2D eigenvalue weighted by molar-refractivity contribution is 0.0783. The lowest BCUT2D eigenvalue weighted by Crippen LogP contribution is -2.38. The molecule has 1 aliphatic rings. The summed E-state index contributed by atoms with van der Waals surface area (Å²) in [4.78, 5) is 2.51. The maximum Gasteiger partial charge on any atom is -0.00189 e. The second-order valence-electron chi connectivity index (χ2n) is 7.15. The molecule has 0 radical (unpaired) electrons. The van der Waals surface area contributed by atoms with Gasteiger partial charge in [-0.1, -0.05) is 59.3 Å². The van der Waals surface area contributed by atoms with Crippen LogP contribution >= 0.6 is 0 Å². The highest BCUT2D eigenvalue weighted by Crippen LogP contribution is 2.43. The zero-order valence-electron chi connectivity index (χ0n) is 14.0. The van der Waals surface area contributed by atoms with Crippen LogP contribution in [0.2, 0.25) is 0 Å². The molecular weight excluding hydrogens is 230 g/mol. The predicted octanol–water partition coefficient (Wildman–Crippen LogP) is 5.50. The van der Waals surface area contributed by atoms with E-state index in [4.69, 9.17) is 0 Å². The van der Waals surface area contributed by atoms with Gasteiger partial charge < -0.3 is 4.90 Å². The fourth-order valence-electron chi connectivity index (χ4n) is 3.77. The molecule has 0 bridgehead atoms. The van der Waals surface area contributed by atoms with E-state index < -0.39 is 0 Å². The Bertz CT molecular complexity index is 218. The van der Waals surface area contributed by atoms with E-state index in [0.717, 1.165) is 5.92 Å². The minimum absolute atomic E-state index is 0.630. The molecule has 1 rings (SSSR count). The van der Waals surface area contributed by atoms with Gasteiger partial charge in [0.2, 0.25) is 0 Å². The maximum atomic E-state index is 2.60. The van der Waals surface area contributed by atoms with Crippen LogP contribution in [0.25, 0.3) is 0 Å². The summed E-state index contributed by atoms with van der Waals surface area (Å²) in [6.45, 7) is 9.90. The Morgan fingerprint density at radius 1 is 0.895 bits per heavy atom. The highest BCUT2D eigenvalue weighted by molar-refractivity contribution is 4.86. The summed E-state index contributed by atoms with van der Waals surface area (Å²) in [5.74, 6) is 0.983. The zero-order valence-corrected chi connectivity index (χ0v) is 14.0. The Morgan fingerprint density at radius 3 is 2.05 bits per heavy atom. The zero-order chi connectivity index (χ0) is 14.1. The monoisotopic (exact) mass is 267 g/mol. The minimum Gasteiger partial charge on any atom is -0.306 e. The Kier molecular flexibility index (Phi) is 8.06. The summed E-state index contributed by atoms with van der Waals surface area (Å²) >= 11 is 0. The molecule has 1 saturated heterocycles. The van der Waals surface area contributed by atoms with Gasteiger partial charge >= 0.3 is 0 Å². The third kappa shape index (κ3) is 5.85. The molecule has 1 nitrogen and oxygen atoms in total. The third-order valence-corrected chi connectivity index (χ3v) is 5.41. The average Bonchev–Trinajstić information content (AvgIpc) is 2.42. The Hall–Kier alpha value is -0.0400. The molecule has 1 fully saturated rings. The molecule has 19 heavy (non-hydrogen) atoms. The second kappa shape index (κ2) is 9.00. The largest absolute Gasteiger partial charge is 0.306 e. The molecule has 0 aromatic rings. The van der Waals surface area contributed by atoms with E-state index in [2.05, 4.69) is 32.7 Å². The highest BCUT2D eigenvalue weighted by Gasteiger charge is 2.34. The number of hydrogen-bond acceptors (Lipinski definition) is 1. The fraction of sp³-hybridized carbons (Fsp3) is 1.00. The summed E-state index contributed by atoms with van der Waals surface area (Å²) in [5.41, 5.74) is 0.630. The van der Waals surface area contributed by atoms with Crippen molar-refractivity contribution in [1.29, 1.82) is 0 Å². The van der Waals surface area contributed by atoms with E-state index in [1.54, 1.807) is 0 Å². The van der Waals surface area contributed by atoms with Crippen molar-refractivity contribution in [3.8, 4) is 0 Å². The molecule has 0 aromatic heterocycles. The van der Waals surface area contributed by atoms with Gasteiger partial charge in [0.1, 0.15) is 0 Å². The third-order valence-electron chi connectivity index (χ3n) is 5.41. The van der Waals surface area contributed by atoms with Gasteiger partial charge in [-0.3, -0.25) is 0 Å². The lowest BCUT2D eigenvalue weighted by Gasteiger charge is -2.42. The van der Waals surface area contributed by atoms with E-state index in [0.29, 0.717) is 5.41 Å². The molecule has 1 heterocycles. The van der Waals surface area contributed by atoms with Crippen LogP contribution in [0.1, 0.15) is 85.0 Å². The van der Waals surface area contributed by atoms with Crippen molar-refractivity contribution in [2.45, 2.75) is 85.0 Å². The van der Waals surface area contributed by atoms with Gasteiger partial charge in [-0.15, -0.1) is 0 Å². The predicted molar refractivity (Wildman–Crippen MR) is 86.6 cm³/mol. The van der Waals surface area contributed by atoms with E-state index in [1.165, 1.54) is 77.3 Å². The van der Waals surface area contributed by atoms with Crippen molar-refractivity contribution in [3.63, 3.8) is 0 Å². The van der Waals surface area contributed by atoms with Gasteiger partial charge in [0.15, 0.2) is 0 Å². The highest BCUT2D eigenvalue weighted by atomic mass is 15.1. The number of hydrogen-bond donors (Lipinski definition) is 0. The number of unbranched alkanes of at least 4 members (excludes halogenated alkanes) is 4. The molecule has 0 saturated carbocycles. The Labute approximate surface area is 122 Å². The fourth-order valence-corrected chi connectivity index (χ4v) is 3.77. The summed E-state index contributed by atoms with van der Waals surface area (Å²) < 4.78 is 0. The van der Waals surface area contributed by atoms with Crippen LogP contribution in [-0.4, -0.2) is 25.0 Å². The van der Waals surface area contributed by atoms with E-state index in [-0.39, 0.29) is 0 Å². The molecule has 1 aliphatic heterocycles. The number of rotatable bonds is 9. The van der Waals surface area contributed by atoms with Crippen molar-refractivity contribution >= 4 is 0 Å². The molecule has 1 unspecified atom stereocenters. The first-order valence-corrected chi connectivity index (χ1v) is 8.81. The first-order chi connectivity index (χ1) is 9.12. The van der Waals surface area contributed by atoms with Gasteiger partial charge in [-0.25, -0.2) is 0 Å². The van der Waals surface area contributed by atoms with Gasteiger partial charge in [-0.2, -0.15) is 0 Å². The first-order valence-electron chi connectivity index (χ1n) is 8.81. The van der Waals surface area contributed by atoms with Crippen LogP contribution < -0.4 is 0 Å². The van der Waals surface area contributed by atoms with Gasteiger partial charge in [0.25, 0.3) is 0 Å². The summed E-state index contributed by atoms with van der Waals surface area (Å²) in [5, 5.41) is 0. The second-order valence-corrected chi connectivity index (χ2v) is 7.15. The van der Waals surface area contributed by atoms with E-state index in [1.807, 2.05) is 0 Å². The van der Waals surface area contributed by atoms with Crippen LogP contribution in [0.5, 0.6) is 0 Å². The topological polar surface area (TPSA) is 3.24 Å². The summed E-state index contributed by atoms with van der Waals surface area (Å²) in [7, 11) is 2.28. The minimum atomic E-state index is 0.630. The van der Waals surface area contributed by atoms with Crippen LogP contribution in [-0.2, 0) is 0 Å². The molecule has 0 spiro atoms. The van der Waals surface area contributed by atoms with Crippen LogP contribution in [0.3, 0.4) is 0 Å². The van der Waals surface area contributed by atoms with Gasteiger partial charge in [-0.05, 0) is 57.2 Å². The molecule has 1 atom stereocenters. The summed E-state index contributed by atoms with van der Waals surface area (Å²) in [6, 6.07) is 0. The molecular formula is C18H37N. The molecule has 1 heteroatoms. The molecule has 0 aromatic carbocycles. The van der Waals surface area contributed by atoms with Crippen LogP contribution in [0.4, 0.5) is 0 Å². The number of piperidine rings is 1. The lowest BCUT2D eigenvalue weighted by atomic mass is 9.66. The number of nitrogens with zero attached hydrogens (tertiary/aromatic N) is 1. The quantitative estimate of drug-likeness (QED) is 0.499. The van der Waals surface area contributed by atoms with Crippen molar-refractivity contribution in [2.75, 3.05) is 20.1 Å². The maximum absolute atomic E-state index is 2.60. The van der Waals surface area contributed by atoms with Crippen LogP contribution in [0.15, 0.2) is 0 Å². The van der Waals surface area contributed by atoms with E-state index >= 15 is 0 Å². The normalized spacial score (nSPS) is 21.5. The number of likely N-dealkylation sites (tertiary alicyclic amines) is 1. The van der Waals surface area contributed by atoms with E-state index in [9.17, 15) is 0 Å². The van der Waals surface area contributed by atoms with Crippen molar-refractivity contribution in [3.05, 3.63) is 0 Å². The SMILES string of the molecule is CCCCCCC(C)(CCCC)C1CCN(C)CC1. The van der Waals surface area contributed by atoms with Crippen LogP contribution in [0, 0.1) is 11.3 Å². The van der Waals surface area contributed by atoms with Crippen molar-refractivity contribution < 1.29 is 0 Å².